The quantitative estimate of drug-likeness (QED) is 0.861. The second-order valence-electron chi connectivity index (χ2n) is 4.15. The molecule has 1 aliphatic heterocycles. The van der Waals surface area contributed by atoms with Crippen LogP contribution in [-0.4, -0.2) is 29.8 Å². The van der Waals surface area contributed by atoms with Gasteiger partial charge >= 0.3 is 0 Å². The number of halogens is 2. The molecule has 1 aromatic heterocycles. The van der Waals surface area contributed by atoms with Crippen molar-refractivity contribution >= 4 is 40.9 Å². The van der Waals surface area contributed by atoms with Crippen LogP contribution in [0, 0.1) is 0 Å². The first-order valence-corrected chi connectivity index (χ1v) is 7.87. The highest BCUT2D eigenvalue weighted by molar-refractivity contribution is 8.04. The van der Waals surface area contributed by atoms with E-state index in [1.54, 1.807) is 19.1 Å². The third-order valence-electron chi connectivity index (χ3n) is 2.71. The topological polar surface area (TPSA) is 51.2 Å². The summed E-state index contributed by atoms with van der Waals surface area (Å²) in [5.74, 6) is 1.35. The number of amides is 1. The van der Waals surface area contributed by atoms with Gasteiger partial charge in [0.05, 0.1) is 17.3 Å². The maximum atomic E-state index is 12.0. The van der Waals surface area contributed by atoms with Crippen molar-refractivity contribution in [2.75, 3.05) is 18.9 Å². The predicted octanol–water partition coefficient (Wildman–Crippen LogP) is 3.04. The van der Waals surface area contributed by atoms with E-state index in [0.29, 0.717) is 46.1 Å². The molecular weight excluding hydrogens is 319 g/mol. The first-order chi connectivity index (χ1) is 9.58. The van der Waals surface area contributed by atoms with Crippen LogP contribution < -0.4 is 5.32 Å². The van der Waals surface area contributed by atoms with Crippen molar-refractivity contribution in [3.05, 3.63) is 38.7 Å². The Morgan fingerprint density at radius 3 is 3.05 bits per heavy atom. The van der Waals surface area contributed by atoms with Gasteiger partial charge in [0.25, 0.3) is 5.91 Å². The predicted molar refractivity (Wildman–Crippen MR) is 82.1 cm³/mol. The molecule has 1 aromatic rings. The van der Waals surface area contributed by atoms with E-state index in [1.807, 2.05) is 0 Å². The Morgan fingerprint density at radius 1 is 1.50 bits per heavy atom. The van der Waals surface area contributed by atoms with E-state index in [-0.39, 0.29) is 5.91 Å². The molecule has 0 spiro atoms. The lowest BCUT2D eigenvalue weighted by atomic mass is 10.2. The average molecular weight is 333 g/mol. The zero-order valence-corrected chi connectivity index (χ0v) is 13.2. The number of rotatable bonds is 4. The minimum absolute atomic E-state index is 0.120. The molecule has 4 nitrogen and oxygen atoms in total. The first-order valence-electron chi connectivity index (χ1n) is 6.13. The lowest BCUT2D eigenvalue weighted by Gasteiger charge is -2.17. The van der Waals surface area contributed by atoms with E-state index in [4.69, 9.17) is 27.9 Å². The molecule has 0 atom stereocenters. The van der Waals surface area contributed by atoms with Gasteiger partial charge in [-0.05, 0) is 19.1 Å². The minimum Gasteiger partial charge on any atom is -0.496 e. The van der Waals surface area contributed by atoms with Gasteiger partial charge in [0.2, 0.25) is 0 Å². The minimum atomic E-state index is -0.120. The van der Waals surface area contributed by atoms with Crippen LogP contribution in [0.15, 0.2) is 22.8 Å². The zero-order chi connectivity index (χ0) is 14.5. The van der Waals surface area contributed by atoms with Gasteiger partial charge in [0.15, 0.2) is 0 Å². The number of allylic oxidation sites excluding steroid dienone is 1. The average Bonchev–Trinajstić information content (AvgIpc) is 2.43. The van der Waals surface area contributed by atoms with Crippen LogP contribution in [0.5, 0.6) is 0 Å². The normalized spacial score (nSPS) is 14.9. The van der Waals surface area contributed by atoms with Crippen molar-refractivity contribution in [3.8, 4) is 0 Å². The molecule has 0 unspecified atom stereocenters. The molecule has 0 fully saturated rings. The zero-order valence-electron chi connectivity index (χ0n) is 10.9. The van der Waals surface area contributed by atoms with Crippen LogP contribution in [0.25, 0.3) is 0 Å². The van der Waals surface area contributed by atoms with Crippen LogP contribution in [0.2, 0.25) is 10.2 Å². The van der Waals surface area contributed by atoms with E-state index in [1.165, 1.54) is 11.8 Å². The Morgan fingerprint density at radius 2 is 2.30 bits per heavy atom. The third-order valence-corrected chi connectivity index (χ3v) is 4.39. The van der Waals surface area contributed by atoms with E-state index in [0.717, 1.165) is 5.75 Å². The highest BCUT2D eigenvalue weighted by Gasteiger charge is 2.18. The maximum Gasteiger partial charge on any atom is 0.261 e. The van der Waals surface area contributed by atoms with Gasteiger partial charge in [-0.1, -0.05) is 23.2 Å². The van der Waals surface area contributed by atoms with Crippen molar-refractivity contribution in [2.24, 2.45) is 0 Å². The van der Waals surface area contributed by atoms with Crippen LogP contribution in [0.4, 0.5) is 0 Å². The second kappa shape index (κ2) is 7.20. The Kier molecular flexibility index (Phi) is 5.57. The molecule has 0 aromatic carbocycles. The van der Waals surface area contributed by atoms with Crippen LogP contribution in [0.3, 0.4) is 0 Å². The van der Waals surface area contributed by atoms with Crippen LogP contribution in [-0.2, 0) is 16.0 Å². The molecule has 1 N–H and O–H groups in total. The molecule has 0 radical (unpaired) electrons. The summed E-state index contributed by atoms with van der Waals surface area (Å²) >= 11 is 13.3. The fraction of sp³-hybridized carbons (Fsp3) is 0.385. The van der Waals surface area contributed by atoms with Crippen molar-refractivity contribution in [1.29, 1.82) is 0 Å². The maximum absolute atomic E-state index is 12.0. The lowest BCUT2D eigenvalue weighted by Crippen LogP contribution is -2.28. The highest BCUT2D eigenvalue weighted by atomic mass is 35.5. The molecule has 1 amide bonds. The largest absolute Gasteiger partial charge is 0.496 e. The molecule has 108 valence electrons. The first kappa shape index (κ1) is 15.5. The summed E-state index contributed by atoms with van der Waals surface area (Å²) in [6.07, 6.45) is 0.531. The second-order valence-corrected chi connectivity index (χ2v) is 6.05. The third kappa shape index (κ3) is 4.04. The van der Waals surface area contributed by atoms with Gasteiger partial charge in [0, 0.05) is 18.7 Å². The lowest BCUT2D eigenvalue weighted by molar-refractivity contribution is -0.117. The molecule has 0 aliphatic carbocycles. The molecule has 7 heteroatoms. The highest BCUT2D eigenvalue weighted by Crippen LogP contribution is 2.25. The Bertz CT molecular complexity index is 549. The standard InChI is InChI=1S/C13H14Cl2N2O2S/c1-8-12(20-7-6-19-8)13(18)16-5-4-10-9(14)2-3-11(15)17-10/h2-3H,4-7H2,1H3,(H,16,18). The fourth-order valence-electron chi connectivity index (χ4n) is 1.74. The molecule has 0 saturated heterocycles. The number of hydrogen-bond acceptors (Lipinski definition) is 4. The number of aromatic nitrogens is 1. The van der Waals surface area contributed by atoms with Crippen LogP contribution in [0.1, 0.15) is 12.6 Å². The van der Waals surface area contributed by atoms with E-state index < -0.39 is 0 Å². The Hall–Kier alpha value is -0.910. The molecule has 2 heterocycles. The Balaban J connectivity index is 1.89. The smallest absolute Gasteiger partial charge is 0.261 e. The number of carbonyl (C=O) groups excluding carboxylic acids is 1. The molecule has 2 rings (SSSR count). The van der Waals surface area contributed by atoms with Gasteiger partial charge in [0.1, 0.15) is 15.8 Å². The van der Waals surface area contributed by atoms with Crippen molar-refractivity contribution < 1.29 is 9.53 Å². The summed E-state index contributed by atoms with van der Waals surface area (Å²) in [6.45, 7) is 2.90. The molecule has 20 heavy (non-hydrogen) atoms. The van der Waals surface area contributed by atoms with E-state index >= 15 is 0 Å². The SMILES string of the molecule is CC1=C(C(=O)NCCc2nc(Cl)ccc2Cl)SCCO1. The van der Waals surface area contributed by atoms with E-state index in [9.17, 15) is 4.79 Å². The molecule has 0 bridgehead atoms. The van der Waals surface area contributed by atoms with Gasteiger partial charge in [-0.2, -0.15) is 0 Å². The Labute approximate surface area is 131 Å². The van der Waals surface area contributed by atoms with E-state index in [2.05, 4.69) is 10.3 Å². The summed E-state index contributed by atoms with van der Waals surface area (Å²) in [7, 11) is 0. The number of nitrogens with one attached hydrogen (secondary N) is 1. The summed E-state index contributed by atoms with van der Waals surface area (Å²) in [4.78, 5) is 16.8. The summed E-state index contributed by atoms with van der Waals surface area (Å²) in [6, 6.07) is 3.34. The number of carbonyl (C=O) groups is 1. The van der Waals surface area contributed by atoms with Crippen molar-refractivity contribution in [2.45, 2.75) is 13.3 Å². The van der Waals surface area contributed by atoms with Gasteiger partial charge in [-0.3, -0.25) is 4.79 Å². The number of hydrogen-bond donors (Lipinski definition) is 1. The monoisotopic (exact) mass is 332 g/mol. The number of nitrogens with zero attached hydrogens (tertiary/aromatic N) is 1. The van der Waals surface area contributed by atoms with Crippen molar-refractivity contribution in [1.82, 2.24) is 10.3 Å². The number of ether oxygens (including phenoxy) is 1. The molecule has 1 aliphatic rings. The summed E-state index contributed by atoms with van der Waals surface area (Å²) < 4.78 is 5.36. The number of thioether (sulfide) groups is 1. The van der Waals surface area contributed by atoms with Gasteiger partial charge in [-0.25, -0.2) is 4.98 Å². The van der Waals surface area contributed by atoms with Gasteiger partial charge in [-0.15, -0.1) is 11.8 Å². The summed E-state index contributed by atoms with van der Waals surface area (Å²) in [5, 5.41) is 3.78. The summed E-state index contributed by atoms with van der Waals surface area (Å²) in [5.41, 5.74) is 0.678. The van der Waals surface area contributed by atoms with Crippen LogP contribution >= 0.6 is 35.0 Å². The van der Waals surface area contributed by atoms with Crippen molar-refractivity contribution in [3.63, 3.8) is 0 Å². The molecular formula is C13H14Cl2N2O2S. The molecule has 0 saturated carbocycles. The number of pyridine rings is 1. The van der Waals surface area contributed by atoms with Gasteiger partial charge < -0.3 is 10.1 Å². The fourth-order valence-corrected chi connectivity index (χ4v) is 2.94.